The van der Waals surface area contributed by atoms with Gasteiger partial charge in [0.1, 0.15) is 5.78 Å². The maximum Gasteiger partial charge on any atom is 0.261 e. The van der Waals surface area contributed by atoms with E-state index >= 15 is 0 Å². The molecule has 3 atom stereocenters. The summed E-state index contributed by atoms with van der Waals surface area (Å²) in [6.07, 6.45) is 2.89. The summed E-state index contributed by atoms with van der Waals surface area (Å²) < 4.78 is 0. The molecule has 1 saturated carbocycles. The fourth-order valence-corrected chi connectivity index (χ4v) is 3.49. The van der Waals surface area contributed by atoms with E-state index in [9.17, 15) is 14.7 Å². The minimum absolute atomic E-state index is 0.00375. The van der Waals surface area contributed by atoms with Gasteiger partial charge in [-0.15, -0.1) is 0 Å². The van der Waals surface area contributed by atoms with Crippen LogP contribution in [0.2, 0.25) is 0 Å². The molecular formula is C16H19NO3. The largest absolute Gasteiger partial charge is 0.375 e. The highest BCUT2D eigenvalue weighted by molar-refractivity contribution is 6.08. The standard InChI is InChI=1S/C16H19NO3/c1-2-10-7-8-14(18)12(9-10)16(20)11-5-3-4-6-13(11)17-15(16)19/h3-6,10,12,20H,2,7-9H2,1H3,(H,17,19). The Kier molecular flexibility index (Phi) is 3.13. The predicted octanol–water partition coefficient (Wildman–Crippen LogP) is 2.22. The van der Waals surface area contributed by atoms with Gasteiger partial charge in [0.25, 0.3) is 5.91 Å². The van der Waals surface area contributed by atoms with Gasteiger partial charge < -0.3 is 10.4 Å². The Hall–Kier alpha value is -1.68. The van der Waals surface area contributed by atoms with Crippen molar-refractivity contribution in [3.63, 3.8) is 0 Å². The minimum atomic E-state index is -1.69. The van der Waals surface area contributed by atoms with Gasteiger partial charge in [-0.2, -0.15) is 0 Å². The molecule has 0 radical (unpaired) electrons. The molecule has 1 amide bonds. The molecule has 4 heteroatoms. The molecule has 3 rings (SSSR count). The number of carbonyl (C=O) groups excluding carboxylic acids is 2. The number of aliphatic hydroxyl groups is 1. The first-order valence-electron chi connectivity index (χ1n) is 7.23. The smallest absolute Gasteiger partial charge is 0.261 e. The van der Waals surface area contributed by atoms with Crippen LogP contribution in [0.4, 0.5) is 5.69 Å². The van der Waals surface area contributed by atoms with E-state index in [2.05, 4.69) is 12.2 Å². The lowest BCUT2D eigenvalue weighted by Crippen LogP contribution is -2.47. The number of anilines is 1. The Labute approximate surface area is 118 Å². The first kappa shape index (κ1) is 13.3. The molecule has 1 aliphatic heterocycles. The highest BCUT2D eigenvalue weighted by Gasteiger charge is 2.54. The van der Waals surface area contributed by atoms with Crippen LogP contribution >= 0.6 is 0 Å². The zero-order valence-corrected chi connectivity index (χ0v) is 11.6. The topological polar surface area (TPSA) is 66.4 Å². The van der Waals surface area contributed by atoms with Crippen molar-refractivity contribution in [1.82, 2.24) is 0 Å². The van der Waals surface area contributed by atoms with Crippen molar-refractivity contribution in [3.8, 4) is 0 Å². The molecule has 2 N–H and O–H groups in total. The molecular weight excluding hydrogens is 254 g/mol. The van der Waals surface area contributed by atoms with E-state index in [0.717, 1.165) is 12.8 Å². The molecule has 0 spiro atoms. The van der Waals surface area contributed by atoms with Gasteiger partial charge in [-0.1, -0.05) is 31.5 Å². The fraction of sp³-hybridized carbons (Fsp3) is 0.500. The number of amides is 1. The van der Waals surface area contributed by atoms with E-state index in [4.69, 9.17) is 0 Å². The van der Waals surface area contributed by atoms with Crippen LogP contribution < -0.4 is 5.32 Å². The van der Waals surface area contributed by atoms with Gasteiger partial charge in [0.15, 0.2) is 5.60 Å². The molecule has 0 bridgehead atoms. The van der Waals surface area contributed by atoms with Gasteiger partial charge in [-0.3, -0.25) is 9.59 Å². The molecule has 1 aliphatic carbocycles. The maximum absolute atomic E-state index is 12.3. The summed E-state index contributed by atoms with van der Waals surface area (Å²) >= 11 is 0. The summed E-state index contributed by atoms with van der Waals surface area (Å²) in [4.78, 5) is 24.5. The SMILES string of the molecule is CCC1CCC(=O)C(C2(O)C(=O)Nc3ccccc32)C1. The summed E-state index contributed by atoms with van der Waals surface area (Å²) in [5, 5.41) is 13.7. The Morgan fingerprint density at radius 3 is 2.85 bits per heavy atom. The highest BCUT2D eigenvalue weighted by Crippen LogP contribution is 2.46. The maximum atomic E-state index is 12.3. The van der Waals surface area contributed by atoms with Crippen molar-refractivity contribution in [2.24, 2.45) is 11.8 Å². The van der Waals surface area contributed by atoms with Crippen LogP contribution in [-0.2, 0) is 15.2 Å². The van der Waals surface area contributed by atoms with Crippen LogP contribution in [0.3, 0.4) is 0 Å². The van der Waals surface area contributed by atoms with Crippen molar-refractivity contribution >= 4 is 17.4 Å². The van der Waals surface area contributed by atoms with Gasteiger partial charge >= 0.3 is 0 Å². The van der Waals surface area contributed by atoms with E-state index < -0.39 is 17.4 Å². The molecule has 1 aromatic rings. The number of rotatable bonds is 2. The molecule has 1 heterocycles. The number of carbonyl (C=O) groups is 2. The van der Waals surface area contributed by atoms with Crippen LogP contribution in [0.25, 0.3) is 0 Å². The number of ketones is 1. The first-order valence-corrected chi connectivity index (χ1v) is 7.23. The van der Waals surface area contributed by atoms with Crippen LogP contribution in [0.15, 0.2) is 24.3 Å². The predicted molar refractivity (Wildman–Crippen MR) is 75.1 cm³/mol. The number of benzene rings is 1. The monoisotopic (exact) mass is 273 g/mol. The molecule has 106 valence electrons. The number of hydrogen-bond acceptors (Lipinski definition) is 3. The lowest BCUT2D eigenvalue weighted by Gasteiger charge is -2.35. The second-order valence-electron chi connectivity index (χ2n) is 5.83. The van der Waals surface area contributed by atoms with E-state index in [1.807, 2.05) is 6.07 Å². The number of hydrogen-bond donors (Lipinski definition) is 2. The van der Waals surface area contributed by atoms with Crippen molar-refractivity contribution in [3.05, 3.63) is 29.8 Å². The summed E-state index contributed by atoms with van der Waals surface area (Å²) in [7, 11) is 0. The Morgan fingerprint density at radius 2 is 2.10 bits per heavy atom. The second kappa shape index (κ2) is 4.70. The Morgan fingerprint density at radius 1 is 1.35 bits per heavy atom. The van der Waals surface area contributed by atoms with Crippen LogP contribution in [0, 0.1) is 11.8 Å². The van der Waals surface area contributed by atoms with Crippen LogP contribution in [0.1, 0.15) is 38.2 Å². The van der Waals surface area contributed by atoms with Gasteiger partial charge in [-0.05, 0) is 24.8 Å². The van der Waals surface area contributed by atoms with Crippen molar-refractivity contribution in [1.29, 1.82) is 0 Å². The van der Waals surface area contributed by atoms with Crippen molar-refractivity contribution < 1.29 is 14.7 Å². The van der Waals surface area contributed by atoms with Gasteiger partial charge in [0, 0.05) is 17.7 Å². The van der Waals surface area contributed by atoms with Crippen LogP contribution in [0.5, 0.6) is 0 Å². The normalized spacial score (nSPS) is 32.9. The Bertz CT molecular complexity index is 569. The van der Waals surface area contributed by atoms with Crippen molar-refractivity contribution in [2.45, 2.75) is 38.2 Å². The lowest BCUT2D eigenvalue weighted by molar-refractivity contribution is -0.152. The average molecular weight is 273 g/mol. The Balaban J connectivity index is 2.03. The van der Waals surface area contributed by atoms with E-state index in [1.54, 1.807) is 18.2 Å². The number of para-hydroxylation sites is 1. The number of Topliss-reactive ketones (excluding diaryl/α,β-unsaturated/α-hetero) is 1. The summed E-state index contributed by atoms with van der Waals surface area (Å²) in [6, 6.07) is 7.09. The molecule has 3 unspecified atom stereocenters. The van der Waals surface area contributed by atoms with E-state index in [1.165, 1.54) is 0 Å². The quantitative estimate of drug-likeness (QED) is 0.868. The van der Waals surface area contributed by atoms with E-state index in [0.29, 0.717) is 30.0 Å². The summed E-state index contributed by atoms with van der Waals surface area (Å²) in [5.41, 5.74) is -0.534. The lowest BCUT2D eigenvalue weighted by atomic mass is 9.69. The summed E-state index contributed by atoms with van der Waals surface area (Å²) in [5.74, 6) is -0.676. The van der Waals surface area contributed by atoms with E-state index in [-0.39, 0.29) is 5.78 Å². The molecule has 0 aromatic heterocycles. The summed E-state index contributed by atoms with van der Waals surface area (Å²) in [6.45, 7) is 2.09. The van der Waals surface area contributed by atoms with Gasteiger partial charge in [-0.25, -0.2) is 0 Å². The third-order valence-electron chi connectivity index (χ3n) is 4.77. The molecule has 1 aromatic carbocycles. The first-order chi connectivity index (χ1) is 9.57. The number of nitrogens with one attached hydrogen (secondary N) is 1. The molecule has 1 fully saturated rings. The molecule has 20 heavy (non-hydrogen) atoms. The average Bonchev–Trinajstić information content (AvgIpc) is 2.72. The zero-order valence-electron chi connectivity index (χ0n) is 11.6. The van der Waals surface area contributed by atoms with Gasteiger partial charge in [0.05, 0.1) is 5.92 Å². The second-order valence-corrected chi connectivity index (χ2v) is 5.83. The van der Waals surface area contributed by atoms with Gasteiger partial charge in [0.2, 0.25) is 0 Å². The number of fused-ring (bicyclic) bond motifs is 1. The third-order valence-corrected chi connectivity index (χ3v) is 4.77. The highest BCUT2D eigenvalue weighted by atomic mass is 16.3. The van der Waals surface area contributed by atoms with Crippen LogP contribution in [-0.4, -0.2) is 16.8 Å². The zero-order chi connectivity index (χ0) is 14.3. The minimum Gasteiger partial charge on any atom is -0.375 e. The third kappa shape index (κ3) is 1.79. The fourth-order valence-electron chi connectivity index (χ4n) is 3.49. The molecule has 0 saturated heterocycles. The van der Waals surface area contributed by atoms with Crippen molar-refractivity contribution in [2.75, 3.05) is 5.32 Å². The molecule has 4 nitrogen and oxygen atoms in total. The molecule has 2 aliphatic rings.